The Morgan fingerprint density at radius 3 is 2.35 bits per heavy atom. The summed E-state index contributed by atoms with van der Waals surface area (Å²) in [5.41, 5.74) is 3.63. The fourth-order valence-corrected chi connectivity index (χ4v) is 3.79. The maximum Gasteiger partial charge on any atom is 0.340 e. The second-order valence-electron chi connectivity index (χ2n) is 7.18. The molecule has 2 aromatic heterocycles. The average molecular weight is 417 g/mol. The molecule has 4 aromatic rings. The van der Waals surface area contributed by atoms with Crippen LogP contribution >= 0.6 is 0 Å². The monoisotopic (exact) mass is 417 g/mol. The van der Waals surface area contributed by atoms with Gasteiger partial charge in [-0.05, 0) is 55.6 Å². The van der Waals surface area contributed by atoms with Crippen LogP contribution in [0, 0.1) is 6.92 Å². The summed E-state index contributed by atoms with van der Waals surface area (Å²) in [6.07, 6.45) is 0. The fourth-order valence-electron chi connectivity index (χ4n) is 3.79. The molecular formula is C25H23NO5. The number of aryl methyl sites for hydroxylation is 1. The van der Waals surface area contributed by atoms with Crippen molar-refractivity contribution >= 4 is 28.2 Å². The van der Waals surface area contributed by atoms with Gasteiger partial charge in [0.2, 0.25) is 5.78 Å². The molecule has 0 aliphatic carbocycles. The van der Waals surface area contributed by atoms with E-state index in [1.54, 1.807) is 38.3 Å². The lowest BCUT2D eigenvalue weighted by Gasteiger charge is -2.11. The van der Waals surface area contributed by atoms with Gasteiger partial charge in [0.1, 0.15) is 11.5 Å². The molecule has 0 fully saturated rings. The summed E-state index contributed by atoms with van der Waals surface area (Å²) in [6.45, 7) is 4.01. The van der Waals surface area contributed by atoms with Crippen LogP contribution in [-0.2, 0) is 4.74 Å². The minimum atomic E-state index is -0.466. The van der Waals surface area contributed by atoms with Crippen molar-refractivity contribution in [2.24, 2.45) is 0 Å². The van der Waals surface area contributed by atoms with Crippen molar-refractivity contribution in [3.8, 4) is 11.5 Å². The van der Waals surface area contributed by atoms with Gasteiger partial charge in [-0.1, -0.05) is 17.7 Å². The lowest BCUT2D eigenvalue weighted by atomic mass is 10.1. The highest BCUT2D eigenvalue weighted by molar-refractivity contribution is 6.13. The number of methoxy groups -OCH3 is 2. The van der Waals surface area contributed by atoms with Gasteiger partial charge in [0.05, 0.1) is 48.7 Å². The molecule has 0 bridgehead atoms. The molecular weight excluding hydrogens is 394 g/mol. The second-order valence-corrected chi connectivity index (χ2v) is 7.18. The van der Waals surface area contributed by atoms with Gasteiger partial charge in [0.15, 0.2) is 0 Å². The van der Waals surface area contributed by atoms with E-state index in [1.165, 1.54) is 7.11 Å². The molecule has 158 valence electrons. The number of hydrogen-bond acceptors (Lipinski definition) is 5. The van der Waals surface area contributed by atoms with E-state index in [1.807, 2.05) is 41.7 Å². The second kappa shape index (κ2) is 8.14. The van der Waals surface area contributed by atoms with Crippen LogP contribution in [0.15, 0.2) is 54.6 Å². The molecule has 2 aromatic carbocycles. The number of fused-ring (bicyclic) bond motifs is 3. The third-order valence-corrected chi connectivity index (χ3v) is 5.26. The van der Waals surface area contributed by atoms with Crippen LogP contribution in [0.2, 0.25) is 0 Å². The lowest BCUT2D eigenvalue weighted by molar-refractivity contribution is 0.0529. The van der Waals surface area contributed by atoms with Gasteiger partial charge in [-0.15, -0.1) is 0 Å². The van der Waals surface area contributed by atoms with Gasteiger partial charge in [0.25, 0.3) is 0 Å². The fraction of sp³-hybridized carbons (Fsp3) is 0.200. The molecule has 6 heteroatoms. The van der Waals surface area contributed by atoms with Crippen molar-refractivity contribution in [3.63, 3.8) is 0 Å². The van der Waals surface area contributed by atoms with E-state index in [-0.39, 0.29) is 12.4 Å². The van der Waals surface area contributed by atoms with E-state index in [0.29, 0.717) is 33.8 Å². The van der Waals surface area contributed by atoms with Crippen molar-refractivity contribution in [1.29, 1.82) is 0 Å². The van der Waals surface area contributed by atoms with Gasteiger partial charge in [-0.25, -0.2) is 4.79 Å². The highest BCUT2D eigenvalue weighted by Crippen LogP contribution is 2.31. The molecule has 0 spiro atoms. The standard InChI is InChI=1S/C25H23NO5/c1-5-31-25(28)19-14-22(24(27)18-9-8-17(29-3)13-23(18)30-4)26-20-10-6-15(2)12-16(20)7-11-21(19)26/h6-14H,5H2,1-4H3. The summed E-state index contributed by atoms with van der Waals surface area (Å²) in [5.74, 6) is 0.250. The Kier molecular flexibility index (Phi) is 5.38. The highest BCUT2D eigenvalue weighted by Gasteiger charge is 2.24. The van der Waals surface area contributed by atoms with E-state index in [4.69, 9.17) is 14.2 Å². The normalized spacial score (nSPS) is 11.0. The number of benzene rings is 2. The van der Waals surface area contributed by atoms with Crippen molar-refractivity contribution in [2.75, 3.05) is 20.8 Å². The molecule has 0 saturated carbocycles. The Balaban J connectivity index is 2.00. The third kappa shape index (κ3) is 3.50. The predicted octanol–water partition coefficient (Wildman–Crippen LogP) is 4.83. The van der Waals surface area contributed by atoms with Crippen LogP contribution < -0.4 is 9.47 Å². The van der Waals surface area contributed by atoms with Crippen LogP contribution in [0.1, 0.15) is 38.9 Å². The summed E-state index contributed by atoms with van der Waals surface area (Å²) < 4.78 is 17.7. The first-order chi connectivity index (χ1) is 15.0. The molecule has 0 atom stereocenters. The predicted molar refractivity (Wildman–Crippen MR) is 119 cm³/mol. The third-order valence-electron chi connectivity index (χ3n) is 5.26. The first-order valence-corrected chi connectivity index (χ1v) is 9.97. The summed E-state index contributed by atoms with van der Waals surface area (Å²) in [6, 6.07) is 16.4. The number of nitrogens with zero attached hydrogens (tertiary/aromatic N) is 1. The average Bonchev–Trinajstić information content (AvgIpc) is 3.18. The van der Waals surface area contributed by atoms with Crippen molar-refractivity contribution in [1.82, 2.24) is 4.40 Å². The largest absolute Gasteiger partial charge is 0.497 e. The number of hydrogen-bond donors (Lipinski definition) is 0. The van der Waals surface area contributed by atoms with Crippen LogP contribution in [-0.4, -0.2) is 37.0 Å². The van der Waals surface area contributed by atoms with E-state index in [0.717, 1.165) is 16.5 Å². The minimum Gasteiger partial charge on any atom is -0.497 e. The number of ether oxygens (including phenoxy) is 3. The molecule has 4 rings (SSSR count). The summed E-state index contributed by atoms with van der Waals surface area (Å²) in [5, 5.41) is 0.967. The zero-order valence-electron chi connectivity index (χ0n) is 17.9. The number of carbonyl (C=O) groups excluding carboxylic acids is 2. The molecule has 31 heavy (non-hydrogen) atoms. The van der Waals surface area contributed by atoms with Crippen LogP contribution in [0.4, 0.5) is 0 Å². The number of aromatic nitrogens is 1. The van der Waals surface area contributed by atoms with Crippen LogP contribution in [0.25, 0.3) is 16.4 Å². The Labute approximate surface area is 180 Å². The number of carbonyl (C=O) groups is 2. The molecule has 6 nitrogen and oxygen atoms in total. The van der Waals surface area contributed by atoms with Gasteiger partial charge in [0, 0.05) is 6.07 Å². The quantitative estimate of drug-likeness (QED) is 0.332. The van der Waals surface area contributed by atoms with Gasteiger partial charge in [-0.3, -0.25) is 4.79 Å². The molecule has 0 aliphatic heterocycles. The summed E-state index contributed by atoms with van der Waals surface area (Å²) >= 11 is 0. The maximum absolute atomic E-state index is 13.7. The number of rotatable bonds is 6. The molecule has 0 amide bonds. The lowest BCUT2D eigenvalue weighted by Crippen LogP contribution is -2.08. The van der Waals surface area contributed by atoms with Crippen LogP contribution in [0.5, 0.6) is 11.5 Å². The van der Waals surface area contributed by atoms with E-state index in [2.05, 4.69) is 0 Å². The zero-order valence-corrected chi connectivity index (χ0v) is 17.9. The Bertz CT molecular complexity index is 1320. The molecule has 0 unspecified atom stereocenters. The summed E-state index contributed by atoms with van der Waals surface area (Å²) in [4.78, 5) is 26.3. The molecule has 0 N–H and O–H groups in total. The van der Waals surface area contributed by atoms with Gasteiger partial charge in [-0.2, -0.15) is 0 Å². The Hall–Kier alpha value is -3.80. The van der Waals surface area contributed by atoms with Crippen molar-refractivity contribution < 1.29 is 23.8 Å². The van der Waals surface area contributed by atoms with Crippen molar-refractivity contribution in [3.05, 3.63) is 77.0 Å². The Morgan fingerprint density at radius 1 is 0.871 bits per heavy atom. The maximum atomic E-state index is 13.7. The smallest absolute Gasteiger partial charge is 0.340 e. The Morgan fingerprint density at radius 2 is 1.65 bits per heavy atom. The topological polar surface area (TPSA) is 66.2 Å². The highest BCUT2D eigenvalue weighted by atomic mass is 16.5. The number of esters is 1. The summed E-state index contributed by atoms with van der Waals surface area (Å²) in [7, 11) is 3.06. The SMILES string of the molecule is CCOC(=O)c1cc(C(=O)c2ccc(OC)cc2OC)n2c1ccc1cc(C)ccc12. The van der Waals surface area contributed by atoms with E-state index >= 15 is 0 Å². The van der Waals surface area contributed by atoms with E-state index < -0.39 is 5.97 Å². The number of pyridine rings is 1. The first-order valence-electron chi connectivity index (χ1n) is 9.97. The number of ketones is 1. The van der Waals surface area contributed by atoms with Gasteiger partial charge >= 0.3 is 5.97 Å². The minimum absolute atomic E-state index is 0.249. The molecule has 0 saturated heterocycles. The van der Waals surface area contributed by atoms with Crippen LogP contribution in [0.3, 0.4) is 0 Å². The molecule has 0 aliphatic rings. The molecule has 0 radical (unpaired) electrons. The van der Waals surface area contributed by atoms with Gasteiger partial charge < -0.3 is 18.6 Å². The molecule has 2 heterocycles. The first kappa shape index (κ1) is 20.5. The zero-order chi connectivity index (χ0) is 22.1. The van der Waals surface area contributed by atoms with E-state index in [9.17, 15) is 9.59 Å². The van der Waals surface area contributed by atoms with Crippen molar-refractivity contribution in [2.45, 2.75) is 13.8 Å².